The number of carbonyl (C=O) groups is 1. The van der Waals surface area contributed by atoms with Crippen LogP contribution in [0, 0.1) is 11.3 Å². The van der Waals surface area contributed by atoms with Crippen molar-refractivity contribution in [2.75, 3.05) is 44.8 Å². The van der Waals surface area contributed by atoms with Crippen LogP contribution < -0.4 is 14.4 Å². The van der Waals surface area contributed by atoms with Crippen LogP contribution in [0.1, 0.15) is 18.4 Å². The molecule has 1 aromatic heterocycles. The maximum atomic E-state index is 12.4. The minimum atomic E-state index is 0.129. The lowest BCUT2D eigenvalue weighted by molar-refractivity contribution is -0.131. The van der Waals surface area contributed by atoms with E-state index in [2.05, 4.69) is 20.9 Å². The molecule has 0 spiro atoms. The van der Waals surface area contributed by atoms with Crippen LogP contribution in [0.5, 0.6) is 11.5 Å². The molecule has 3 rings (SSSR count). The second-order valence-electron chi connectivity index (χ2n) is 6.35. The van der Waals surface area contributed by atoms with E-state index in [0.29, 0.717) is 55.5 Å². The van der Waals surface area contributed by atoms with Crippen LogP contribution in [-0.2, 0) is 4.79 Å². The lowest BCUT2D eigenvalue weighted by Crippen LogP contribution is -2.49. The van der Waals surface area contributed by atoms with Gasteiger partial charge in [0.05, 0.1) is 25.3 Å². The Morgan fingerprint density at radius 3 is 2.61 bits per heavy atom. The normalized spacial score (nSPS) is 13.7. The zero-order valence-corrected chi connectivity index (χ0v) is 15.9. The van der Waals surface area contributed by atoms with E-state index in [-0.39, 0.29) is 5.91 Å². The van der Waals surface area contributed by atoms with Gasteiger partial charge in [-0.05, 0) is 24.6 Å². The molecular formula is C20H23N5O3. The average molecular weight is 381 g/mol. The van der Waals surface area contributed by atoms with Crippen LogP contribution in [0.15, 0.2) is 36.7 Å². The number of amides is 1. The first-order valence-electron chi connectivity index (χ1n) is 9.22. The highest BCUT2D eigenvalue weighted by Gasteiger charge is 2.22. The Balaban J connectivity index is 1.40. The lowest BCUT2D eigenvalue weighted by Gasteiger charge is -2.34. The molecule has 1 fully saturated rings. The zero-order chi connectivity index (χ0) is 19.8. The fourth-order valence-electron chi connectivity index (χ4n) is 3.03. The topological polar surface area (TPSA) is 91.6 Å². The minimum absolute atomic E-state index is 0.129. The van der Waals surface area contributed by atoms with Crippen LogP contribution in [-0.4, -0.2) is 60.7 Å². The van der Waals surface area contributed by atoms with Crippen molar-refractivity contribution < 1.29 is 14.3 Å². The van der Waals surface area contributed by atoms with Gasteiger partial charge in [-0.1, -0.05) is 0 Å². The monoisotopic (exact) mass is 381 g/mol. The zero-order valence-electron chi connectivity index (χ0n) is 15.9. The minimum Gasteiger partial charge on any atom is -0.493 e. The van der Waals surface area contributed by atoms with Gasteiger partial charge < -0.3 is 19.3 Å². The summed E-state index contributed by atoms with van der Waals surface area (Å²) in [5.41, 5.74) is 0.513. The second kappa shape index (κ2) is 9.55. The van der Waals surface area contributed by atoms with Crippen molar-refractivity contribution in [1.82, 2.24) is 14.9 Å². The van der Waals surface area contributed by atoms with Gasteiger partial charge in [0.1, 0.15) is 0 Å². The molecule has 0 bridgehead atoms. The third kappa shape index (κ3) is 4.88. The number of anilines is 1. The summed E-state index contributed by atoms with van der Waals surface area (Å²) in [5, 5.41) is 8.93. The van der Waals surface area contributed by atoms with E-state index in [0.717, 1.165) is 13.1 Å². The molecule has 1 aliphatic heterocycles. The molecule has 2 aromatic rings. The fraction of sp³-hybridized carbons (Fsp3) is 0.400. The molecule has 8 nitrogen and oxygen atoms in total. The molecule has 1 amide bonds. The molecule has 1 aromatic carbocycles. The number of benzene rings is 1. The highest BCUT2D eigenvalue weighted by molar-refractivity contribution is 5.76. The van der Waals surface area contributed by atoms with Crippen molar-refractivity contribution >= 4 is 11.9 Å². The highest BCUT2D eigenvalue weighted by Crippen LogP contribution is 2.28. The molecule has 0 radical (unpaired) electrons. The first-order chi connectivity index (χ1) is 13.7. The Morgan fingerprint density at radius 1 is 1.18 bits per heavy atom. The molecule has 0 aliphatic carbocycles. The Morgan fingerprint density at radius 2 is 1.93 bits per heavy atom. The number of hydrogen-bond acceptors (Lipinski definition) is 7. The molecule has 0 saturated carbocycles. The number of nitrogens with zero attached hydrogens (tertiary/aromatic N) is 5. The van der Waals surface area contributed by atoms with Crippen molar-refractivity contribution in [2.24, 2.45) is 0 Å². The van der Waals surface area contributed by atoms with E-state index < -0.39 is 0 Å². The van der Waals surface area contributed by atoms with E-state index in [1.165, 1.54) is 7.11 Å². The summed E-state index contributed by atoms with van der Waals surface area (Å²) >= 11 is 0. The summed E-state index contributed by atoms with van der Waals surface area (Å²) in [5.74, 6) is 1.93. The van der Waals surface area contributed by atoms with Crippen molar-refractivity contribution in [3.8, 4) is 17.6 Å². The number of carbonyl (C=O) groups excluding carboxylic acids is 1. The van der Waals surface area contributed by atoms with E-state index in [4.69, 9.17) is 14.7 Å². The van der Waals surface area contributed by atoms with Gasteiger partial charge in [0, 0.05) is 51.1 Å². The number of methoxy groups -OCH3 is 1. The van der Waals surface area contributed by atoms with Gasteiger partial charge in [-0.2, -0.15) is 5.26 Å². The molecule has 1 aliphatic rings. The van der Waals surface area contributed by atoms with Crippen molar-refractivity contribution in [3.05, 3.63) is 42.2 Å². The van der Waals surface area contributed by atoms with Gasteiger partial charge in [-0.15, -0.1) is 0 Å². The van der Waals surface area contributed by atoms with Crippen molar-refractivity contribution in [3.63, 3.8) is 0 Å². The largest absolute Gasteiger partial charge is 0.493 e. The van der Waals surface area contributed by atoms with Crippen LogP contribution >= 0.6 is 0 Å². The van der Waals surface area contributed by atoms with Gasteiger partial charge in [0.2, 0.25) is 11.9 Å². The summed E-state index contributed by atoms with van der Waals surface area (Å²) in [6.07, 6.45) is 4.50. The maximum absolute atomic E-state index is 12.4. The Hall–Kier alpha value is -3.34. The van der Waals surface area contributed by atoms with E-state index >= 15 is 0 Å². The van der Waals surface area contributed by atoms with E-state index in [9.17, 15) is 4.79 Å². The molecule has 0 N–H and O–H groups in total. The summed E-state index contributed by atoms with van der Waals surface area (Å²) in [4.78, 5) is 24.9. The lowest BCUT2D eigenvalue weighted by atomic mass is 10.2. The third-order valence-electron chi connectivity index (χ3n) is 4.55. The van der Waals surface area contributed by atoms with Gasteiger partial charge in [0.25, 0.3) is 0 Å². The maximum Gasteiger partial charge on any atom is 0.225 e. The molecule has 1 saturated heterocycles. The fourth-order valence-corrected chi connectivity index (χ4v) is 3.03. The van der Waals surface area contributed by atoms with Gasteiger partial charge in [0.15, 0.2) is 11.5 Å². The second-order valence-corrected chi connectivity index (χ2v) is 6.35. The molecule has 146 valence electrons. The predicted octanol–water partition coefficient (Wildman–Crippen LogP) is 1.86. The standard InChI is InChI=1S/C20H23N5O3/c1-27-18-14-16(15-21)5-6-17(18)28-13-2-4-19(26)24-9-11-25(12-10-24)20-22-7-3-8-23-20/h3,5-8,14H,2,4,9-13H2,1H3. The van der Waals surface area contributed by atoms with Gasteiger partial charge in [-0.25, -0.2) is 9.97 Å². The summed E-state index contributed by atoms with van der Waals surface area (Å²) in [6.45, 7) is 3.21. The number of rotatable bonds is 7. The van der Waals surface area contributed by atoms with Crippen LogP contribution in [0.25, 0.3) is 0 Å². The Labute approximate surface area is 164 Å². The molecule has 8 heteroatoms. The average Bonchev–Trinajstić information content (AvgIpc) is 2.77. The third-order valence-corrected chi connectivity index (χ3v) is 4.55. The quantitative estimate of drug-likeness (QED) is 0.676. The molecule has 0 atom stereocenters. The number of ether oxygens (including phenoxy) is 2. The van der Waals surface area contributed by atoms with Crippen LogP contribution in [0.4, 0.5) is 5.95 Å². The predicted molar refractivity (Wildman–Crippen MR) is 103 cm³/mol. The van der Waals surface area contributed by atoms with Crippen molar-refractivity contribution in [2.45, 2.75) is 12.8 Å². The number of nitriles is 1. The van der Waals surface area contributed by atoms with Gasteiger partial charge >= 0.3 is 0 Å². The summed E-state index contributed by atoms with van der Waals surface area (Å²) in [6, 6.07) is 8.88. The van der Waals surface area contributed by atoms with Crippen LogP contribution in [0.3, 0.4) is 0 Å². The summed E-state index contributed by atoms with van der Waals surface area (Å²) in [7, 11) is 1.53. The first kappa shape index (κ1) is 19.4. The summed E-state index contributed by atoms with van der Waals surface area (Å²) < 4.78 is 11.0. The molecular weight excluding hydrogens is 358 g/mol. The SMILES string of the molecule is COc1cc(C#N)ccc1OCCCC(=O)N1CCN(c2ncccn2)CC1. The molecule has 2 heterocycles. The van der Waals surface area contributed by atoms with E-state index in [1.54, 1.807) is 36.7 Å². The smallest absolute Gasteiger partial charge is 0.225 e. The Kier molecular flexibility index (Phi) is 6.63. The Bertz CT molecular complexity index is 829. The van der Waals surface area contributed by atoms with Gasteiger partial charge in [-0.3, -0.25) is 4.79 Å². The van der Waals surface area contributed by atoms with E-state index in [1.807, 2.05) is 4.90 Å². The van der Waals surface area contributed by atoms with Crippen LogP contribution in [0.2, 0.25) is 0 Å². The highest BCUT2D eigenvalue weighted by atomic mass is 16.5. The molecule has 28 heavy (non-hydrogen) atoms. The molecule has 0 unspecified atom stereocenters. The number of aromatic nitrogens is 2. The number of piperazine rings is 1. The number of hydrogen-bond donors (Lipinski definition) is 0. The van der Waals surface area contributed by atoms with Crippen molar-refractivity contribution in [1.29, 1.82) is 5.26 Å². The first-order valence-corrected chi connectivity index (χ1v) is 9.22.